The van der Waals surface area contributed by atoms with Crippen LogP contribution in [0.5, 0.6) is 5.75 Å². The van der Waals surface area contributed by atoms with Crippen LogP contribution in [0.15, 0.2) is 35.7 Å². The van der Waals surface area contributed by atoms with Crippen molar-refractivity contribution in [3.05, 3.63) is 52.2 Å². The Labute approximate surface area is 141 Å². The number of thiophene rings is 1. The Balaban J connectivity index is 1.96. The van der Waals surface area contributed by atoms with Gasteiger partial charge in [0.25, 0.3) is 5.91 Å². The Hall–Kier alpha value is -2.48. The van der Waals surface area contributed by atoms with E-state index in [1.54, 1.807) is 12.1 Å². The number of hydrogen-bond acceptors (Lipinski definition) is 5. The fraction of sp³-hybridized carbons (Fsp3) is 0.250. The van der Waals surface area contributed by atoms with Crippen molar-refractivity contribution in [1.29, 1.82) is 0 Å². The molecule has 2 aromatic rings. The van der Waals surface area contributed by atoms with Crippen molar-refractivity contribution in [2.45, 2.75) is 12.5 Å². The van der Waals surface area contributed by atoms with Gasteiger partial charge < -0.3 is 14.8 Å². The van der Waals surface area contributed by atoms with Gasteiger partial charge in [0, 0.05) is 10.9 Å². The Kier molecular flexibility index (Phi) is 6.25. The summed E-state index contributed by atoms with van der Waals surface area (Å²) in [6.07, 6.45) is -0.0341. The molecule has 0 bridgehead atoms. The van der Waals surface area contributed by atoms with E-state index in [0.717, 1.165) is 17.0 Å². The molecule has 2 rings (SSSR count). The van der Waals surface area contributed by atoms with Gasteiger partial charge in [0.1, 0.15) is 5.82 Å². The number of amides is 1. The number of carbonyl (C=O) groups is 2. The second-order valence-electron chi connectivity index (χ2n) is 4.78. The smallest absolute Gasteiger partial charge is 0.307 e. The lowest BCUT2D eigenvalue weighted by Crippen LogP contribution is -2.33. The number of carbonyl (C=O) groups excluding carboxylic acids is 2. The molecule has 0 radical (unpaired) electrons. The summed E-state index contributed by atoms with van der Waals surface area (Å²) >= 11 is 1.38. The molecule has 0 saturated carbocycles. The van der Waals surface area contributed by atoms with E-state index in [1.165, 1.54) is 18.4 Å². The number of methoxy groups -OCH3 is 1. The summed E-state index contributed by atoms with van der Waals surface area (Å²) in [5, 5.41) is 4.45. The van der Waals surface area contributed by atoms with Crippen LogP contribution >= 0.6 is 11.3 Å². The topological polar surface area (TPSA) is 64.6 Å². The highest BCUT2D eigenvalue weighted by Gasteiger charge is 2.20. The standard InChI is InChI=1S/C16H15F2NO4S/c1-22-16(21)8-12(14-3-2-6-24-14)19-15(20)9-23-13-5-4-10(17)7-11(13)18/h2-7,12H,8-9H2,1H3,(H,19,20). The van der Waals surface area contributed by atoms with Crippen LogP contribution in [0.2, 0.25) is 0 Å². The highest BCUT2D eigenvalue weighted by molar-refractivity contribution is 7.10. The molecule has 0 aliphatic heterocycles. The monoisotopic (exact) mass is 355 g/mol. The Bertz CT molecular complexity index is 706. The van der Waals surface area contributed by atoms with Gasteiger partial charge in [0.15, 0.2) is 18.2 Å². The van der Waals surface area contributed by atoms with Crippen LogP contribution in [0.4, 0.5) is 8.78 Å². The first kappa shape index (κ1) is 17.9. The third-order valence-corrected chi connectivity index (χ3v) is 4.06. The molecule has 1 heterocycles. The predicted molar refractivity (Wildman–Crippen MR) is 83.7 cm³/mol. The number of esters is 1. The van der Waals surface area contributed by atoms with E-state index in [-0.39, 0.29) is 12.2 Å². The molecule has 1 N–H and O–H groups in total. The van der Waals surface area contributed by atoms with Crippen LogP contribution in [-0.4, -0.2) is 25.6 Å². The van der Waals surface area contributed by atoms with Crippen LogP contribution < -0.4 is 10.1 Å². The SMILES string of the molecule is COC(=O)CC(NC(=O)COc1ccc(F)cc1F)c1cccs1. The normalized spacial score (nSPS) is 11.6. The third-order valence-electron chi connectivity index (χ3n) is 3.07. The Morgan fingerprint density at radius 3 is 2.71 bits per heavy atom. The van der Waals surface area contributed by atoms with Crippen molar-refractivity contribution in [2.24, 2.45) is 0 Å². The van der Waals surface area contributed by atoms with Crippen molar-refractivity contribution >= 4 is 23.2 Å². The summed E-state index contributed by atoms with van der Waals surface area (Å²) in [5.74, 6) is -2.88. The van der Waals surface area contributed by atoms with Gasteiger partial charge in [0.05, 0.1) is 19.6 Å². The lowest BCUT2D eigenvalue weighted by molar-refractivity contribution is -0.141. The molecular weight excluding hydrogens is 340 g/mol. The average molecular weight is 355 g/mol. The average Bonchev–Trinajstić information content (AvgIpc) is 3.07. The number of benzene rings is 1. The first-order valence-electron chi connectivity index (χ1n) is 6.97. The third kappa shape index (κ3) is 5.02. The molecule has 1 unspecified atom stereocenters. The van der Waals surface area contributed by atoms with Gasteiger partial charge in [-0.2, -0.15) is 0 Å². The van der Waals surface area contributed by atoms with Gasteiger partial charge in [-0.25, -0.2) is 8.78 Å². The first-order valence-corrected chi connectivity index (χ1v) is 7.85. The second-order valence-corrected chi connectivity index (χ2v) is 5.76. The molecular formula is C16H15F2NO4S. The van der Waals surface area contributed by atoms with Gasteiger partial charge in [-0.1, -0.05) is 6.07 Å². The van der Waals surface area contributed by atoms with Gasteiger partial charge in [-0.05, 0) is 23.6 Å². The number of nitrogens with one attached hydrogen (secondary N) is 1. The van der Waals surface area contributed by atoms with Crippen molar-refractivity contribution in [2.75, 3.05) is 13.7 Å². The number of rotatable bonds is 7. The first-order chi connectivity index (χ1) is 11.5. The molecule has 1 atom stereocenters. The maximum Gasteiger partial charge on any atom is 0.307 e. The summed E-state index contributed by atoms with van der Waals surface area (Å²) in [5.41, 5.74) is 0. The summed E-state index contributed by atoms with van der Waals surface area (Å²) in [4.78, 5) is 24.2. The molecule has 0 aliphatic carbocycles. The molecule has 8 heteroatoms. The minimum Gasteiger partial charge on any atom is -0.481 e. The summed E-state index contributed by atoms with van der Waals surface area (Å²) < 4.78 is 35.9. The maximum absolute atomic E-state index is 13.4. The molecule has 1 amide bonds. The van der Waals surface area contributed by atoms with Crippen molar-refractivity contribution < 1.29 is 27.8 Å². The molecule has 1 aromatic heterocycles. The van der Waals surface area contributed by atoms with E-state index in [4.69, 9.17) is 4.74 Å². The second kappa shape index (κ2) is 8.39. The zero-order valence-electron chi connectivity index (χ0n) is 12.8. The summed E-state index contributed by atoms with van der Waals surface area (Å²) in [6, 6.07) is 5.80. The number of ether oxygens (including phenoxy) is 2. The molecule has 1 aromatic carbocycles. The fourth-order valence-corrected chi connectivity index (χ4v) is 2.71. The summed E-state index contributed by atoms with van der Waals surface area (Å²) in [6.45, 7) is -0.467. The minimum atomic E-state index is -0.896. The van der Waals surface area contributed by atoms with Crippen LogP contribution in [0.25, 0.3) is 0 Å². The van der Waals surface area contributed by atoms with Crippen LogP contribution in [-0.2, 0) is 14.3 Å². The molecule has 0 saturated heterocycles. The zero-order chi connectivity index (χ0) is 17.5. The number of halogens is 2. The zero-order valence-corrected chi connectivity index (χ0v) is 13.6. The quantitative estimate of drug-likeness (QED) is 0.776. The van der Waals surface area contributed by atoms with E-state index in [2.05, 4.69) is 10.1 Å². The van der Waals surface area contributed by atoms with Crippen molar-refractivity contribution in [3.63, 3.8) is 0 Å². The lowest BCUT2D eigenvalue weighted by atomic mass is 10.1. The predicted octanol–water partition coefficient (Wildman–Crippen LogP) is 2.83. The summed E-state index contributed by atoms with van der Waals surface area (Å²) in [7, 11) is 1.26. The van der Waals surface area contributed by atoms with Crippen molar-refractivity contribution in [3.8, 4) is 5.75 Å². The molecule has 128 valence electrons. The fourth-order valence-electron chi connectivity index (χ4n) is 1.93. The van der Waals surface area contributed by atoms with Crippen LogP contribution in [0.3, 0.4) is 0 Å². The van der Waals surface area contributed by atoms with E-state index in [9.17, 15) is 18.4 Å². The molecule has 0 aliphatic rings. The highest BCUT2D eigenvalue weighted by atomic mass is 32.1. The van der Waals surface area contributed by atoms with E-state index in [1.807, 2.05) is 5.38 Å². The Morgan fingerprint density at radius 2 is 2.08 bits per heavy atom. The van der Waals surface area contributed by atoms with Gasteiger partial charge >= 0.3 is 5.97 Å². The van der Waals surface area contributed by atoms with Gasteiger partial charge in [-0.3, -0.25) is 9.59 Å². The number of hydrogen-bond donors (Lipinski definition) is 1. The Morgan fingerprint density at radius 1 is 1.29 bits per heavy atom. The van der Waals surface area contributed by atoms with E-state index >= 15 is 0 Å². The lowest BCUT2D eigenvalue weighted by Gasteiger charge is -2.16. The molecule has 24 heavy (non-hydrogen) atoms. The highest BCUT2D eigenvalue weighted by Crippen LogP contribution is 2.22. The molecule has 0 fully saturated rings. The van der Waals surface area contributed by atoms with Gasteiger partial charge in [-0.15, -0.1) is 11.3 Å². The van der Waals surface area contributed by atoms with E-state index < -0.39 is 36.2 Å². The van der Waals surface area contributed by atoms with E-state index in [0.29, 0.717) is 6.07 Å². The largest absolute Gasteiger partial charge is 0.481 e. The van der Waals surface area contributed by atoms with Crippen LogP contribution in [0.1, 0.15) is 17.3 Å². The van der Waals surface area contributed by atoms with Crippen LogP contribution in [0, 0.1) is 11.6 Å². The molecule has 5 nitrogen and oxygen atoms in total. The minimum absolute atomic E-state index is 0.0341. The maximum atomic E-state index is 13.4. The van der Waals surface area contributed by atoms with Crippen molar-refractivity contribution in [1.82, 2.24) is 5.32 Å². The van der Waals surface area contributed by atoms with Gasteiger partial charge in [0.2, 0.25) is 0 Å². The molecule has 0 spiro atoms.